The van der Waals surface area contributed by atoms with Crippen molar-refractivity contribution in [3.05, 3.63) is 76.3 Å². The van der Waals surface area contributed by atoms with E-state index >= 15 is 0 Å². The number of benzene rings is 2. The number of hydrogen-bond donors (Lipinski definition) is 3. The molecular weight excluding hydrogens is 506 g/mol. The number of nitrogens with two attached hydrogens (primary N) is 2. The van der Waals surface area contributed by atoms with Crippen molar-refractivity contribution in [2.24, 2.45) is 5.73 Å². The molecule has 2 heterocycles. The van der Waals surface area contributed by atoms with E-state index in [2.05, 4.69) is 9.69 Å². The Kier molecular flexibility index (Phi) is 8.93. The van der Waals surface area contributed by atoms with Gasteiger partial charge in [0.15, 0.2) is 5.69 Å². The molecule has 3 aromatic rings. The molecule has 0 spiro atoms. The molecule has 0 bridgehead atoms. The van der Waals surface area contributed by atoms with Crippen molar-refractivity contribution in [2.45, 2.75) is 38.5 Å². The summed E-state index contributed by atoms with van der Waals surface area (Å²) in [6.07, 6.45) is 1.72. The van der Waals surface area contributed by atoms with Gasteiger partial charge >= 0.3 is 0 Å². The first-order valence-electron chi connectivity index (χ1n) is 12.4. The second kappa shape index (κ2) is 12.5. The van der Waals surface area contributed by atoms with Gasteiger partial charge < -0.3 is 31.2 Å². The predicted molar refractivity (Wildman–Crippen MR) is 144 cm³/mol. The van der Waals surface area contributed by atoms with E-state index in [1.54, 1.807) is 24.3 Å². The van der Waals surface area contributed by atoms with Crippen LogP contribution < -0.4 is 21.5 Å². The minimum absolute atomic E-state index is 0.0394. The van der Waals surface area contributed by atoms with Crippen molar-refractivity contribution in [3.63, 3.8) is 0 Å². The van der Waals surface area contributed by atoms with Gasteiger partial charge in [-0.05, 0) is 54.6 Å². The Bertz CT molecular complexity index is 1260. The van der Waals surface area contributed by atoms with E-state index in [0.29, 0.717) is 31.1 Å². The molecule has 2 aromatic carbocycles. The van der Waals surface area contributed by atoms with E-state index < -0.39 is 17.9 Å². The van der Waals surface area contributed by atoms with Crippen LogP contribution in [0.1, 0.15) is 57.1 Å². The molecule has 200 valence electrons. The number of ether oxygens (including phenoxy) is 2. The molecule has 0 radical (unpaired) electrons. The third kappa shape index (κ3) is 6.29. The summed E-state index contributed by atoms with van der Waals surface area (Å²) < 4.78 is 15.2. The topological polar surface area (TPSA) is 150 Å². The number of hydrogen-bond acceptors (Lipinski definition) is 8. The molecule has 1 saturated heterocycles. The molecule has 38 heavy (non-hydrogen) atoms. The summed E-state index contributed by atoms with van der Waals surface area (Å²) in [5.41, 5.74) is 12.6. The van der Waals surface area contributed by atoms with Gasteiger partial charge in [-0.15, -0.1) is 0 Å². The number of carbonyl (C=O) groups is 3. The highest BCUT2D eigenvalue weighted by atomic mass is 32.1. The van der Waals surface area contributed by atoms with E-state index in [0.717, 1.165) is 29.9 Å². The normalized spacial score (nSPS) is 15.6. The molecule has 1 aliphatic heterocycles. The number of nitrogens with zero attached hydrogens (tertiary/aromatic N) is 2. The zero-order chi connectivity index (χ0) is 27.1. The highest BCUT2D eigenvalue weighted by Crippen LogP contribution is 2.31. The van der Waals surface area contributed by atoms with Crippen LogP contribution >= 0.6 is 11.5 Å². The SMILES string of the molecule is CCOc1ccc([C@H](C(=O)NC[C@@H]2CCCO2)N(Cc2ccccc2)C(=O)c2snc(C(N)=O)c2N)cc1. The third-order valence-electron chi connectivity index (χ3n) is 6.21. The molecule has 0 unspecified atom stereocenters. The molecule has 0 aliphatic carbocycles. The van der Waals surface area contributed by atoms with Crippen molar-refractivity contribution in [3.8, 4) is 5.75 Å². The Morgan fingerprint density at radius 2 is 1.92 bits per heavy atom. The number of nitrogens with one attached hydrogen (secondary N) is 1. The summed E-state index contributed by atoms with van der Waals surface area (Å²) in [6, 6.07) is 15.3. The predicted octanol–water partition coefficient (Wildman–Crippen LogP) is 2.90. The van der Waals surface area contributed by atoms with E-state index in [1.807, 2.05) is 37.3 Å². The average molecular weight is 538 g/mol. The van der Waals surface area contributed by atoms with Crippen LogP contribution in [0.2, 0.25) is 0 Å². The van der Waals surface area contributed by atoms with Gasteiger partial charge in [0.05, 0.1) is 18.4 Å². The molecule has 3 amide bonds. The lowest BCUT2D eigenvalue weighted by molar-refractivity contribution is -0.126. The molecule has 1 fully saturated rings. The lowest BCUT2D eigenvalue weighted by Gasteiger charge is -2.31. The molecule has 0 saturated carbocycles. The minimum atomic E-state index is -1.02. The molecule has 2 atom stereocenters. The van der Waals surface area contributed by atoms with Gasteiger partial charge in [-0.3, -0.25) is 14.4 Å². The van der Waals surface area contributed by atoms with Crippen molar-refractivity contribution in [2.75, 3.05) is 25.5 Å². The van der Waals surface area contributed by atoms with Crippen LogP contribution in [0.5, 0.6) is 5.75 Å². The smallest absolute Gasteiger partial charge is 0.270 e. The second-order valence-electron chi connectivity index (χ2n) is 8.84. The maximum Gasteiger partial charge on any atom is 0.270 e. The van der Waals surface area contributed by atoms with Crippen LogP contribution in [-0.2, 0) is 16.1 Å². The van der Waals surface area contributed by atoms with Crippen LogP contribution in [0.4, 0.5) is 5.69 Å². The largest absolute Gasteiger partial charge is 0.494 e. The quantitative estimate of drug-likeness (QED) is 0.340. The van der Waals surface area contributed by atoms with Crippen molar-refractivity contribution < 1.29 is 23.9 Å². The highest BCUT2D eigenvalue weighted by molar-refractivity contribution is 7.09. The molecule has 11 heteroatoms. The number of nitrogen functional groups attached to an aromatic ring is 1. The zero-order valence-electron chi connectivity index (χ0n) is 21.1. The Hall–Kier alpha value is -3.96. The first-order chi connectivity index (χ1) is 18.4. The molecule has 5 N–H and O–H groups in total. The van der Waals surface area contributed by atoms with E-state index in [-0.39, 0.29) is 34.8 Å². The Labute approximate surface area is 225 Å². The lowest BCUT2D eigenvalue weighted by Crippen LogP contribution is -2.45. The van der Waals surface area contributed by atoms with E-state index in [4.69, 9.17) is 20.9 Å². The number of aromatic nitrogens is 1. The zero-order valence-corrected chi connectivity index (χ0v) is 21.9. The number of rotatable bonds is 11. The van der Waals surface area contributed by atoms with Crippen molar-refractivity contribution >= 4 is 34.9 Å². The maximum absolute atomic E-state index is 14.0. The van der Waals surface area contributed by atoms with Gasteiger partial charge in [0.1, 0.15) is 16.7 Å². The standard InChI is InChI=1S/C27H31N5O5S/c1-2-36-19-12-10-18(11-13-19)23(26(34)30-15-20-9-6-14-37-20)32(16-17-7-4-3-5-8-17)27(35)24-21(28)22(25(29)33)31-38-24/h3-5,7-8,10-13,20,23H,2,6,9,14-16,28H2,1H3,(H2,29,33)(H,30,34)/t20-,23+/m0/s1. The molecule has 4 rings (SSSR count). The highest BCUT2D eigenvalue weighted by Gasteiger charge is 2.35. The molecular formula is C27H31N5O5S. The Balaban J connectivity index is 1.74. The number of primary amides is 1. The van der Waals surface area contributed by atoms with E-state index in [9.17, 15) is 14.4 Å². The summed E-state index contributed by atoms with van der Waals surface area (Å²) >= 11 is 0.780. The number of carbonyl (C=O) groups excluding carboxylic acids is 3. The summed E-state index contributed by atoms with van der Waals surface area (Å²) in [4.78, 5) is 41.0. The van der Waals surface area contributed by atoms with Crippen LogP contribution in [0, 0.1) is 0 Å². The third-order valence-corrected chi connectivity index (χ3v) is 7.06. The van der Waals surface area contributed by atoms with Gasteiger partial charge in [0.25, 0.3) is 11.8 Å². The molecule has 1 aliphatic rings. The van der Waals surface area contributed by atoms with Crippen LogP contribution in [0.3, 0.4) is 0 Å². The minimum Gasteiger partial charge on any atom is -0.494 e. The summed E-state index contributed by atoms with van der Waals surface area (Å²) in [6.45, 7) is 3.47. The first-order valence-corrected chi connectivity index (χ1v) is 13.2. The Morgan fingerprint density at radius 1 is 1.18 bits per heavy atom. The average Bonchev–Trinajstić information content (AvgIpc) is 3.58. The van der Waals surface area contributed by atoms with Gasteiger partial charge in [-0.25, -0.2) is 0 Å². The monoisotopic (exact) mass is 537 g/mol. The fourth-order valence-corrected chi connectivity index (χ4v) is 5.08. The van der Waals surface area contributed by atoms with Gasteiger partial charge in [0.2, 0.25) is 5.91 Å². The fraction of sp³-hybridized carbons (Fsp3) is 0.333. The summed E-state index contributed by atoms with van der Waals surface area (Å²) in [5, 5.41) is 2.97. The number of anilines is 1. The van der Waals surface area contributed by atoms with Crippen molar-refractivity contribution in [1.29, 1.82) is 0 Å². The second-order valence-corrected chi connectivity index (χ2v) is 9.62. The van der Waals surface area contributed by atoms with Gasteiger partial charge in [-0.1, -0.05) is 42.5 Å². The maximum atomic E-state index is 14.0. The van der Waals surface area contributed by atoms with Crippen molar-refractivity contribution in [1.82, 2.24) is 14.6 Å². The van der Waals surface area contributed by atoms with Crippen LogP contribution in [0.25, 0.3) is 0 Å². The lowest BCUT2D eigenvalue weighted by atomic mass is 10.0. The van der Waals surface area contributed by atoms with Crippen LogP contribution in [-0.4, -0.2) is 52.9 Å². The van der Waals surface area contributed by atoms with Gasteiger partial charge in [-0.2, -0.15) is 4.37 Å². The molecule has 1 aromatic heterocycles. The van der Waals surface area contributed by atoms with Crippen LogP contribution in [0.15, 0.2) is 54.6 Å². The number of amides is 3. The van der Waals surface area contributed by atoms with E-state index in [1.165, 1.54) is 4.90 Å². The first kappa shape index (κ1) is 27.1. The summed E-state index contributed by atoms with van der Waals surface area (Å²) in [7, 11) is 0. The fourth-order valence-electron chi connectivity index (χ4n) is 4.32. The summed E-state index contributed by atoms with van der Waals surface area (Å²) in [5.74, 6) is -1.09. The Morgan fingerprint density at radius 3 is 2.53 bits per heavy atom. The molecule has 10 nitrogen and oxygen atoms in total. The van der Waals surface area contributed by atoms with Gasteiger partial charge in [0, 0.05) is 19.7 Å².